The van der Waals surface area contributed by atoms with Crippen molar-refractivity contribution in [2.24, 2.45) is 0 Å². The van der Waals surface area contributed by atoms with Crippen molar-refractivity contribution >= 4 is 11.3 Å². The van der Waals surface area contributed by atoms with Gasteiger partial charge in [0.1, 0.15) is 0 Å². The molecule has 0 unspecified atom stereocenters. The van der Waals surface area contributed by atoms with Crippen molar-refractivity contribution in [3.8, 4) is 0 Å². The van der Waals surface area contributed by atoms with Crippen LogP contribution in [-0.4, -0.2) is 0 Å². The van der Waals surface area contributed by atoms with Crippen LogP contribution < -0.4 is 0 Å². The summed E-state index contributed by atoms with van der Waals surface area (Å²) in [6, 6.07) is 4.38. The molecule has 1 aromatic heterocycles. The van der Waals surface area contributed by atoms with Gasteiger partial charge in [-0.2, -0.15) is 0 Å². The molecule has 0 saturated carbocycles. The molecule has 1 heteroatoms. The lowest BCUT2D eigenvalue weighted by Gasteiger charge is -2.13. The van der Waals surface area contributed by atoms with Crippen LogP contribution >= 0.6 is 11.3 Å². The summed E-state index contributed by atoms with van der Waals surface area (Å²) in [5, 5.41) is 2.16. The minimum absolute atomic E-state index is 0.726. The van der Waals surface area contributed by atoms with E-state index in [9.17, 15) is 0 Å². The quantitative estimate of drug-likeness (QED) is 0.557. The van der Waals surface area contributed by atoms with Crippen LogP contribution in [0.1, 0.15) is 30.1 Å². The van der Waals surface area contributed by atoms with E-state index < -0.39 is 0 Å². The molecular weight excluding hydrogens is 152 g/mol. The number of hydrogen-bond donors (Lipinski definition) is 0. The minimum atomic E-state index is 0.726. The Hall–Kier alpha value is -0.560. The first-order chi connectivity index (χ1) is 5.47. The summed E-state index contributed by atoms with van der Waals surface area (Å²) in [5.41, 5.74) is 0. The molecule has 0 radical (unpaired) electrons. The Labute approximate surface area is 71.6 Å². The summed E-state index contributed by atoms with van der Waals surface area (Å²) in [5.74, 6) is 0.726. The van der Waals surface area contributed by atoms with Crippen molar-refractivity contribution in [3.05, 3.63) is 34.5 Å². The van der Waals surface area contributed by atoms with E-state index >= 15 is 0 Å². The molecular formula is C10H12S. The zero-order valence-corrected chi connectivity index (χ0v) is 7.31. The van der Waals surface area contributed by atoms with Crippen molar-refractivity contribution in [1.82, 2.24) is 0 Å². The van der Waals surface area contributed by atoms with E-state index in [1.807, 2.05) is 11.3 Å². The first-order valence-corrected chi connectivity index (χ1v) is 5.05. The average Bonchev–Trinajstić information content (AvgIpc) is 2.58. The monoisotopic (exact) mass is 164 g/mol. The Morgan fingerprint density at radius 2 is 2.45 bits per heavy atom. The molecule has 0 saturated heterocycles. The highest BCUT2D eigenvalue weighted by atomic mass is 32.1. The molecule has 58 valence electrons. The van der Waals surface area contributed by atoms with Gasteiger partial charge in [-0.15, -0.1) is 11.3 Å². The van der Waals surface area contributed by atoms with Crippen LogP contribution in [0.5, 0.6) is 0 Å². The summed E-state index contributed by atoms with van der Waals surface area (Å²) in [7, 11) is 0. The number of hydrogen-bond acceptors (Lipinski definition) is 1. The second-order valence-electron chi connectivity index (χ2n) is 2.98. The van der Waals surface area contributed by atoms with E-state index in [4.69, 9.17) is 0 Å². The van der Waals surface area contributed by atoms with Gasteiger partial charge in [0.2, 0.25) is 0 Å². The summed E-state index contributed by atoms with van der Waals surface area (Å²) in [6.07, 6.45) is 8.65. The van der Waals surface area contributed by atoms with Crippen LogP contribution in [0, 0.1) is 0 Å². The summed E-state index contributed by atoms with van der Waals surface area (Å²) >= 11 is 1.88. The molecule has 1 atom stereocenters. The van der Waals surface area contributed by atoms with Crippen molar-refractivity contribution in [1.29, 1.82) is 0 Å². The standard InChI is InChI=1S/C10H12S/c1-2-5-9(6-3-1)10-7-4-8-11-10/h2,4-5,7-9H,1,3,6H2/t9-/m0/s1. The smallest absolute Gasteiger partial charge is 0.0114 e. The lowest BCUT2D eigenvalue weighted by atomic mass is 9.95. The van der Waals surface area contributed by atoms with Gasteiger partial charge >= 0.3 is 0 Å². The van der Waals surface area contributed by atoms with Crippen molar-refractivity contribution < 1.29 is 0 Å². The number of rotatable bonds is 1. The Balaban J connectivity index is 2.16. The molecule has 0 fully saturated rings. The maximum Gasteiger partial charge on any atom is 0.0114 e. The van der Waals surface area contributed by atoms with E-state index in [0.29, 0.717) is 0 Å². The van der Waals surface area contributed by atoms with E-state index in [0.717, 1.165) is 5.92 Å². The SMILES string of the molecule is C1=C[C@H](c2cccs2)CCC1. The molecule has 1 aliphatic carbocycles. The van der Waals surface area contributed by atoms with Gasteiger partial charge in [0.25, 0.3) is 0 Å². The van der Waals surface area contributed by atoms with Gasteiger partial charge in [0.05, 0.1) is 0 Å². The van der Waals surface area contributed by atoms with E-state index in [-0.39, 0.29) is 0 Å². The largest absolute Gasteiger partial charge is 0.148 e. The van der Waals surface area contributed by atoms with Crippen molar-refractivity contribution in [2.75, 3.05) is 0 Å². The molecule has 0 aliphatic heterocycles. The van der Waals surface area contributed by atoms with Crippen LogP contribution in [0.2, 0.25) is 0 Å². The van der Waals surface area contributed by atoms with Crippen LogP contribution in [-0.2, 0) is 0 Å². The highest BCUT2D eigenvalue weighted by Gasteiger charge is 2.10. The van der Waals surface area contributed by atoms with Crippen molar-refractivity contribution in [2.45, 2.75) is 25.2 Å². The molecule has 1 heterocycles. The highest BCUT2D eigenvalue weighted by molar-refractivity contribution is 7.10. The second kappa shape index (κ2) is 3.22. The molecule has 2 rings (SSSR count). The van der Waals surface area contributed by atoms with Gasteiger partial charge in [-0.3, -0.25) is 0 Å². The van der Waals surface area contributed by atoms with Gasteiger partial charge in [-0.25, -0.2) is 0 Å². The third-order valence-corrected chi connectivity index (χ3v) is 3.17. The van der Waals surface area contributed by atoms with E-state index in [1.165, 1.54) is 24.1 Å². The summed E-state index contributed by atoms with van der Waals surface area (Å²) < 4.78 is 0. The van der Waals surface area contributed by atoms with Gasteiger partial charge in [0.15, 0.2) is 0 Å². The molecule has 0 bridgehead atoms. The Kier molecular flexibility index (Phi) is 2.08. The van der Waals surface area contributed by atoms with Crippen molar-refractivity contribution in [3.63, 3.8) is 0 Å². The molecule has 0 nitrogen and oxygen atoms in total. The molecule has 0 spiro atoms. The minimum Gasteiger partial charge on any atom is -0.148 e. The fourth-order valence-electron chi connectivity index (χ4n) is 1.55. The summed E-state index contributed by atoms with van der Waals surface area (Å²) in [6.45, 7) is 0. The van der Waals surface area contributed by atoms with Crippen LogP contribution in [0.25, 0.3) is 0 Å². The first-order valence-electron chi connectivity index (χ1n) is 4.17. The van der Waals surface area contributed by atoms with Gasteiger partial charge in [-0.1, -0.05) is 18.2 Å². The Morgan fingerprint density at radius 3 is 3.09 bits per heavy atom. The lowest BCUT2D eigenvalue weighted by molar-refractivity contribution is 0.662. The first kappa shape index (κ1) is 7.11. The molecule has 0 N–H and O–H groups in total. The third-order valence-electron chi connectivity index (χ3n) is 2.16. The highest BCUT2D eigenvalue weighted by Crippen LogP contribution is 2.30. The van der Waals surface area contributed by atoms with Gasteiger partial charge in [0, 0.05) is 10.8 Å². The number of thiophene rings is 1. The molecule has 1 aliphatic rings. The van der Waals surface area contributed by atoms with Crippen LogP contribution in [0.4, 0.5) is 0 Å². The van der Waals surface area contributed by atoms with E-state index in [2.05, 4.69) is 29.7 Å². The van der Waals surface area contributed by atoms with Crippen LogP contribution in [0.15, 0.2) is 29.7 Å². The Morgan fingerprint density at radius 1 is 1.45 bits per heavy atom. The zero-order valence-electron chi connectivity index (χ0n) is 6.49. The zero-order chi connectivity index (χ0) is 7.52. The maximum atomic E-state index is 2.36. The molecule has 0 amide bonds. The molecule has 1 aromatic rings. The average molecular weight is 164 g/mol. The fourth-order valence-corrected chi connectivity index (χ4v) is 2.39. The normalized spacial score (nSPS) is 23.8. The Bertz CT molecular complexity index is 233. The predicted octanol–water partition coefficient (Wildman–Crippen LogP) is 3.57. The maximum absolute atomic E-state index is 2.36. The van der Waals surface area contributed by atoms with Gasteiger partial charge in [-0.05, 0) is 30.7 Å². The topological polar surface area (TPSA) is 0 Å². The third kappa shape index (κ3) is 1.54. The van der Waals surface area contributed by atoms with Gasteiger partial charge < -0.3 is 0 Å². The predicted molar refractivity (Wildman–Crippen MR) is 50.1 cm³/mol. The summed E-state index contributed by atoms with van der Waals surface area (Å²) in [4.78, 5) is 1.53. The van der Waals surface area contributed by atoms with E-state index in [1.54, 1.807) is 0 Å². The molecule has 0 aromatic carbocycles. The van der Waals surface area contributed by atoms with Crippen LogP contribution in [0.3, 0.4) is 0 Å². The molecule has 11 heavy (non-hydrogen) atoms. The fraction of sp³-hybridized carbons (Fsp3) is 0.400. The lowest BCUT2D eigenvalue weighted by Crippen LogP contribution is -1.95. The number of allylic oxidation sites excluding steroid dienone is 2. The second-order valence-corrected chi connectivity index (χ2v) is 3.96.